The monoisotopic (exact) mass is 295 g/mol. The van der Waals surface area contributed by atoms with E-state index in [2.05, 4.69) is 0 Å². The number of thiophene rings is 1. The maximum absolute atomic E-state index is 12.6. The van der Waals surface area contributed by atoms with E-state index in [0.29, 0.717) is 31.1 Å². The second-order valence-corrected chi connectivity index (χ2v) is 6.35. The standard InChI is InChI=1S/C14H17NO4S/c16-13(15-5-2-1-3-10(15)14(17)18)12-7-9-8-19-6-4-11(9)20-12/h7,10H,1-6,8H2,(H,17,18). The highest BCUT2D eigenvalue weighted by atomic mass is 32.1. The van der Waals surface area contributed by atoms with Gasteiger partial charge in [0, 0.05) is 17.8 Å². The van der Waals surface area contributed by atoms with Gasteiger partial charge in [-0.2, -0.15) is 0 Å². The molecule has 0 saturated carbocycles. The van der Waals surface area contributed by atoms with Crippen molar-refractivity contribution in [3.8, 4) is 0 Å². The average Bonchev–Trinajstić information content (AvgIpc) is 2.90. The van der Waals surface area contributed by atoms with Crippen LogP contribution in [-0.4, -0.2) is 41.1 Å². The molecule has 1 aromatic rings. The Morgan fingerprint density at radius 1 is 1.40 bits per heavy atom. The molecule has 0 radical (unpaired) electrons. The molecule has 2 aliphatic rings. The van der Waals surface area contributed by atoms with Crippen LogP contribution >= 0.6 is 11.3 Å². The van der Waals surface area contributed by atoms with Crippen LogP contribution in [0.5, 0.6) is 0 Å². The van der Waals surface area contributed by atoms with Gasteiger partial charge in [0.2, 0.25) is 0 Å². The van der Waals surface area contributed by atoms with Crippen LogP contribution in [0.15, 0.2) is 6.07 Å². The number of carboxylic acid groups (broad SMARTS) is 1. The highest BCUT2D eigenvalue weighted by molar-refractivity contribution is 7.14. The van der Waals surface area contributed by atoms with Crippen molar-refractivity contribution in [2.75, 3.05) is 13.2 Å². The minimum absolute atomic E-state index is 0.142. The Bertz CT molecular complexity index is 516. The van der Waals surface area contributed by atoms with Crippen molar-refractivity contribution in [3.05, 3.63) is 21.4 Å². The van der Waals surface area contributed by atoms with Crippen molar-refractivity contribution in [3.63, 3.8) is 0 Å². The zero-order valence-electron chi connectivity index (χ0n) is 11.1. The summed E-state index contributed by atoms with van der Waals surface area (Å²) >= 11 is 1.49. The Hall–Kier alpha value is -1.40. The summed E-state index contributed by atoms with van der Waals surface area (Å²) in [6.07, 6.45) is 3.14. The normalized spacial score (nSPS) is 22.4. The number of piperidine rings is 1. The lowest BCUT2D eigenvalue weighted by Crippen LogP contribution is -2.47. The molecule has 1 fully saturated rings. The number of nitrogens with zero attached hydrogens (tertiary/aromatic N) is 1. The molecule has 0 bridgehead atoms. The number of aliphatic carboxylic acids is 1. The Morgan fingerprint density at radius 3 is 3.00 bits per heavy atom. The first-order valence-corrected chi connectivity index (χ1v) is 7.71. The first-order chi connectivity index (χ1) is 9.66. The predicted molar refractivity (Wildman–Crippen MR) is 74.0 cm³/mol. The minimum Gasteiger partial charge on any atom is -0.480 e. The summed E-state index contributed by atoms with van der Waals surface area (Å²) < 4.78 is 5.38. The number of likely N-dealkylation sites (tertiary alicyclic amines) is 1. The molecule has 20 heavy (non-hydrogen) atoms. The van der Waals surface area contributed by atoms with Crippen LogP contribution in [0.4, 0.5) is 0 Å². The fraction of sp³-hybridized carbons (Fsp3) is 0.571. The number of carbonyl (C=O) groups excluding carboxylic acids is 1. The number of fused-ring (bicyclic) bond motifs is 1. The van der Waals surface area contributed by atoms with Gasteiger partial charge in [-0.25, -0.2) is 4.79 Å². The summed E-state index contributed by atoms with van der Waals surface area (Å²) in [4.78, 5) is 27.2. The smallest absolute Gasteiger partial charge is 0.326 e. The van der Waals surface area contributed by atoms with Crippen molar-refractivity contribution in [2.45, 2.75) is 38.3 Å². The first kappa shape index (κ1) is 13.6. The lowest BCUT2D eigenvalue weighted by molar-refractivity contribution is -0.143. The van der Waals surface area contributed by atoms with Crippen LogP contribution in [0.2, 0.25) is 0 Å². The van der Waals surface area contributed by atoms with E-state index in [0.717, 1.165) is 24.8 Å². The van der Waals surface area contributed by atoms with Crippen LogP contribution in [0.25, 0.3) is 0 Å². The van der Waals surface area contributed by atoms with Crippen molar-refractivity contribution in [1.29, 1.82) is 0 Å². The van der Waals surface area contributed by atoms with E-state index in [9.17, 15) is 14.7 Å². The van der Waals surface area contributed by atoms with Gasteiger partial charge in [-0.15, -0.1) is 11.3 Å². The molecular formula is C14H17NO4S. The molecular weight excluding hydrogens is 278 g/mol. The molecule has 3 heterocycles. The Kier molecular flexibility index (Phi) is 3.76. The van der Waals surface area contributed by atoms with E-state index in [1.165, 1.54) is 21.1 Å². The Labute approximate surface area is 121 Å². The molecule has 0 aromatic carbocycles. The van der Waals surface area contributed by atoms with Crippen molar-refractivity contribution < 1.29 is 19.4 Å². The van der Waals surface area contributed by atoms with Crippen LogP contribution in [0, 0.1) is 0 Å². The lowest BCUT2D eigenvalue weighted by atomic mass is 10.0. The van der Waals surface area contributed by atoms with E-state index in [1.54, 1.807) is 0 Å². The van der Waals surface area contributed by atoms with Crippen LogP contribution < -0.4 is 0 Å². The highest BCUT2D eigenvalue weighted by Gasteiger charge is 2.33. The molecule has 0 aliphatic carbocycles. The minimum atomic E-state index is -0.900. The average molecular weight is 295 g/mol. The second kappa shape index (κ2) is 5.54. The van der Waals surface area contributed by atoms with E-state index in [4.69, 9.17) is 4.74 Å². The zero-order valence-corrected chi connectivity index (χ0v) is 11.9. The fourth-order valence-electron chi connectivity index (χ4n) is 2.83. The van der Waals surface area contributed by atoms with Gasteiger partial charge >= 0.3 is 5.97 Å². The number of hydrogen-bond donors (Lipinski definition) is 1. The molecule has 1 N–H and O–H groups in total. The molecule has 108 valence electrons. The molecule has 5 nitrogen and oxygen atoms in total. The van der Waals surface area contributed by atoms with Crippen molar-refractivity contribution >= 4 is 23.2 Å². The number of ether oxygens (including phenoxy) is 1. The summed E-state index contributed by atoms with van der Waals surface area (Å²) in [5.74, 6) is -1.04. The van der Waals surface area contributed by atoms with Gasteiger partial charge in [0.05, 0.1) is 18.1 Å². The second-order valence-electron chi connectivity index (χ2n) is 5.21. The van der Waals surface area contributed by atoms with Gasteiger partial charge in [0.15, 0.2) is 0 Å². The summed E-state index contributed by atoms with van der Waals surface area (Å²) in [5, 5.41) is 9.26. The van der Waals surface area contributed by atoms with Gasteiger partial charge in [0.25, 0.3) is 5.91 Å². The summed E-state index contributed by atoms with van der Waals surface area (Å²) in [6, 6.07) is 1.20. The molecule has 2 aliphatic heterocycles. The molecule has 3 rings (SSSR count). The van der Waals surface area contributed by atoms with Gasteiger partial charge in [0.1, 0.15) is 6.04 Å². The summed E-state index contributed by atoms with van der Waals surface area (Å²) in [7, 11) is 0. The van der Waals surface area contributed by atoms with Gasteiger partial charge in [-0.3, -0.25) is 4.79 Å². The van der Waals surface area contributed by atoms with Crippen LogP contribution in [0.3, 0.4) is 0 Å². The molecule has 1 amide bonds. The number of carboxylic acids is 1. The largest absolute Gasteiger partial charge is 0.480 e. The third kappa shape index (κ3) is 2.45. The number of carbonyl (C=O) groups is 2. The van der Waals surface area contributed by atoms with Gasteiger partial charge < -0.3 is 14.7 Å². The predicted octanol–water partition coefficient (Wildman–Crippen LogP) is 1.90. The van der Waals surface area contributed by atoms with E-state index in [1.807, 2.05) is 6.07 Å². The maximum Gasteiger partial charge on any atom is 0.326 e. The molecule has 1 saturated heterocycles. The van der Waals surface area contributed by atoms with Gasteiger partial charge in [-0.1, -0.05) is 0 Å². The van der Waals surface area contributed by atoms with E-state index in [-0.39, 0.29) is 5.91 Å². The number of hydrogen-bond acceptors (Lipinski definition) is 4. The highest BCUT2D eigenvalue weighted by Crippen LogP contribution is 2.29. The van der Waals surface area contributed by atoms with Crippen LogP contribution in [-0.2, 0) is 22.6 Å². The van der Waals surface area contributed by atoms with Crippen LogP contribution in [0.1, 0.15) is 39.4 Å². The summed E-state index contributed by atoms with van der Waals surface area (Å²) in [5.41, 5.74) is 1.08. The molecule has 6 heteroatoms. The zero-order chi connectivity index (χ0) is 14.1. The third-order valence-electron chi connectivity index (χ3n) is 3.89. The number of amides is 1. The van der Waals surface area contributed by atoms with Gasteiger partial charge in [-0.05, 0) is 30.9 Å². The SMILES string of the molecule is O=C(O)C1CCCCN1C(=O)c1cc2c(s1)CCOC2. The maximum atomic E-state index is 12.6. The molecule has 1 unspecified atom stereocenters. The van der Waals surface area contributed by atoms with E-state index >= 15 is 0 Å². The van der Waals surface area contributed by atoms with Crippen molar-refractivity contribution in [2.24, 2.45) is 0 Å². The molecule has 0 spiro atoms. The van der Waals surface area contributed by atoms with E-state index < -0.39 is 12.0 Å². The Morgan fingerprint density at radius 2 is 2.25 bits per heavy atom. The summed E-state index contributed by atoms with van der Waals surface area (Å²) in [6.45, 7) is 1.79. The quantitative estimate of drug-likeness (QED) is 0.905. The topological polar surface area (TPSA) is 66.8 Å². The first-order valence-electron chi connectivity index (χ1n) is 6.90. The number of rotatable bonds is 2. The molecule has 1 atom stereocenters. The Balaban J connectivity index is 1.83. The third-order valence-corrected chi connectivity index (χ3v) is 5.11. The lowest BCUT2D eigenvalue weighted by Gasteiger charge is -2.32. The van der Waals surface area contributed by atoms with Crippen molar-refractivity contribution in [1.82, 2.24) is 4.90 Å². The fourth-order valence-corrected chi connectivity index (χ4v) is 3.93. The molecule has 1 aromatic heterocycles.